The van der Waals surface area contributed by atoms with Gasteiger partial charge in [0.15, 0.2) is 5.76 Å². The predicted octanol–water partition coefficient (Wildman–Crippen LogP) is 0.746. The number of hydrogen-bond acceptors (Lipinski definition) is 3. The standard InChI is InChI=1S/C8H12N2O2/c1-5-4-6(12-10-5)8(2,3)7(9)11/h4H,1-3H3,(H2,9,11). The van der Waals surface area contributed by atoms with E-state index in [0.29, 0.717) is 5.76 Å². The lowest BCUT2D eigenvalue weighted by molar-refractivity contribution is -0.123. The molecule has 0 saturated carbocycles. The third-order valence-corrected chi connectivity index (χ3v) is 1.86. The third kappa shape index (κ3) is 1.32. The van der Waals surface area contributed by atoms with Crippen molar-refractivity contribution in [2.45, 2.75) is 26.2 Å². The van der Waals surface area contributed by atoms with Gasteiger partial charge in [-0.3, -0.25) is 4.79 Å². The normalized spacial score (nSPS) is 11.6. The third-order valence-electron chi connectivity index (χ3n) is 1.86. The highest BCUT2D eigenvalue weighted by Gasteiger charge is 2.31. The van der Waals surface area contributed by atoms with Gasteiger partial charge in [0.2, 0.25) is 5.91 Å². The van der Waals surface area contributed by atoms with E-state index < -0.39 is 11.3 Å². The minimum Gasteiger partial charge on any atom is -0.369 e. The van der Waals surface area contributed by atoms with Crippen LogP contribution in [0.1, 0.15) is 25.3 Å². The van der Waals surface area contributed by atoms with Gasteiger partial charge in [-0.05, 0) is 20.8 Å². The minimum absolute atomic E-state index is 0.418. The molecule has 1 rings (SSSR count). The molecule has 2 N–H and O–H groups in total. The molecule has 0 radical (unpaired) electrons. The highest BCUT2D eigenvalue weighted by Crippen LogP contribution is 2.22. The van der Waals surface area contributed by atoms with Gasteiger partial charge in [-0.2, -0.15) is 0 Å². The van der Waals surface area contributed by atoms with Gasteiger partial charge in [0.25, 0.3) is 0 Å². The van der Waals surface area contributed by atoms with Gasteiger partial charge in [-0.25, -0.2) is 0 Å². The molecular formula is C8H12N2O2. The summed E-state index contributed by atoms with van der Waals surface area (Å²) >= 11 is 0. The molecule has 66 valence electrons. The van der Waals surface area contributed by atoms with Crippen LogP contribution in [-0.4, -0.2) is 11.1 Å². The second kappa shape index (κ2) is 2.62. The van der Waals surface area contributed by atoms with E-state index in [0.717, 1.165) is 5.69 Å². The van der Waals surface area contributed by atoms with Crippen LogP contribution in [0.4, 0.5) is 0 Å². The molecule has 0 aliphatic carbocycles. The van der Waals surface area contributed by atoms with Crippen LogP contribution < -0.4 is 5.73 Å². The maximum atomic E-state index is 11.0. The Hall–Kier alpha value is -1.32. The number of primary amides is 1. The van der Waals surface area contributed by atoms with Gasteiger partial charge in [0.1, 0.15) is 5.41 Å². The van der Waals surface area contributed by atoms with Crippen LogP contribution in [0, 0.1) is 6.92 Å². The zero-order chi connectivity index (χ0) is 9.35. The SMILES string of the molecule is Cc1cc(C(C)(C)C(N)=O)on1. The van der Waals surface area contributed by atoms with Gasteiger partial charge in [-0.15, -0.1) is 0 Å². The first-order valence-electron chi connectivity index (χ1n) is 3.68. The fourth-order valence-corrected chi connectivity index (χ4v) is 0.780. The topological polar surface area (TPSA) is 69.1 Å². The number of rotatable bonds is 2. The van der Waals surface area contributed by atoms with Gasteiger partial charge >= 0.3 is 0 Å². The van der Waals surface area contributed by atoms with Crippen LogP contribution in [0.25, 0.3) is 0 Å². The molecule has 1 amide bonds. The number of carbonyl (C=O) groups excluding carboxylic acids is 1. The number of carbonyl (C=O) groups is 1. The Balaban J connectivity index is 3.05. The molecule has 1 aromatic rings. The van der Waals surface area contributed by atoms with Crippen molar-refractivity contribution < 1.29 is 9.32 Å². The molecule has 0 aliphatic heterocycles. The highest BCUT2D eigenvalue weighted by molar-refractivity contribution is 5.84. The van der Waals surface area contributed by atoms with Crippen molar-refractivity contribution in [3.63, 3.8) is 0 Å². The summed E-state index contributed by atoms with van der Waals surface area (Å²) in [6.07, 6.45) is 0. The van der Waals surface area contributed by atoms with Crippen LogP contribution in [0.5, 0.6) is 0 Å². The fourth-order valence-electron chi connectivity index (χ4n) is 0.780. The van der Waals surface area contributed by atoms with Crippen LogP contribution >= 0.6 is 0 Å². The number of aromatic nitrogens is 1. The second-order valence-electron chi connectivity index (χ2n) is 3.32. The van der Waals surface area contributed by atoms with E-state index in [4.69, 9.17) is 10.3 Å². The van der Waals surface area contributed by atoms with Crippen molar-refractivity contribution in [2.75, 3.05) is 0 Å². The Kier molecular flexibility index (Phi) is 1.92. The molecule has 0 aliphatic rings. The fraction of sp³-hybridized carbons (Fsp3) is 0.500. The van der Waals surface area contributed by atoms with Crippen LogP contribution in [-0.2, 0) is 10.2 Å². The minimum atomic E-state index is -0.777. The number of amides is 1. The smallest absolute Gasteiger partial charge is 0.230 e. The van der Waals surface area contributed by atoms with E-state index in [9.17, 15) is 4.79 Å². The van der Waals surface area contributed by atoms with Crippen molar-refractivity contribution in [3.05, 3.63) is 17.5 Å². The summed E-state index contributed by atoms with van der Waals surface area (Å²) in [5.41, 5.74) is 5.16. The highest BCUT2D eigenvalue weighted by atomic mass is 16.5. The monoisotopic (exact) mass is 168 g/mol. The van der Waals surface area contributed by atoms with E-state index in [1.165, 1.54) is 0 Å². The summed E-state index contributed by atoms with van der Waals surface area (Å²) in [6.45, 7) is 5.20. The largest absolute Gasteiger partial charge is 0.369 e. The van der Waals surface area contributed by atoms with Gasteiger partial charge in [0.05, 0.1) is 5.69 Å². The van der Waals surface area contributed by atoms with Crippen molar-refractivity contribution >= 4 is 5.91 Å². The van der Waals surface area contributed by atoms with Crippen LogP contribution in [0.3, 0.4) is 0 Å². The first-order valence-corrected chi connectivity index (χ1v) is 3.68. The maximum absolute atomic E-state index is 11.0. The summed E-state index contributed by atoms with van der Waals surface area (Å²) in [7, 11) is 0. The molecule has 0 saturated heterocycles. The zero-order valence-electron chi connectivity index (χ0n) is 7.42. The van der Waals surface area contributed by atoms with Crippen LogP contribution in [0.2, 0.25) is 0 Å². The zero-order valence-corrected chi connectivity index (χ0v) is 7.42. The Morgan fingerprint density at radius 1 is 1.67 bits per heavy atom. The first-order chi connectivity index (χ1) is 5.44. The number of aryl methyl sites for hydroxylation is 1. The molecule has 12 heavy (non-hydrogen) atoms. The van der Waals surface area contributed by atoms with Gasteiger partial charge in [-0.1, -0.05) is 5.16 Å². The summed E-state index contributed by atoms with van der Waals surface area (Å²) in [6, 6.07) is 1.71. The van der Waals surface area contributed by atoms with E-state index in [1.54, 1.807) is 26.8 Å². The molecule has 0 bridgehead atoms. The van der Waals surface area contributed by atoms with Gasteiger partial charge < -0.3 is 10.3 Å². The lowest BCUT2D eigenvalue weighted by atomic mass is 9.89. The summed E-state index contributed by atoms with van der Waals surface area (Å²) in [5.74, 6) is 0.0890. The number of hydrogen-bond donors (Lipinski definition) is 1. The van der Waals surface area contributed by atoms with Gasteiger partial charge in [0, 0.05) is 6.07 Å². The molecule has 0 aromatic carbocycles. The molecule has 0 fully saturated rings. The average Bonchev–Trinajstić information content (AvgIpc) is 2.35. The second-order valence-corrected chi connectivity index (χ2v) is 3.32. The van der Waals surface area contributed by atoms with E-state index >= 15 is 0 Å². The average molecular weight is 168 g/mol. The summed E-state index contributed by atoms with van der Waals surface area (Å²) in [4.78, 5) is 11.0. The van der Waals surface area contributed by atoms with E-state index in [2.05, 4.69) is 5.16 Å². The summed E-state index contributed by atoms with van der Waals surface area (Å²) in [5, 5.41) is 3.68. The molecule has 1 aromatic heterocycles. The van der Waals surface area contributed by atoms with Crippen molar-refractivity contribution in [1.82, 2.24) is 5.16 Å². The molecule has 4 nitrogen and oxygen atoms in total. The van der Waals surface area contributed by atoms with Crippen molar-refractivity contribution in [1.29, 1.82) is 0 Å². The first kappa shape index (κ1) is 8.77. The molecule has 0 atom stereocenters. The number of nitrogens with two attached hydrogens (primary N) is 1. The molecule has 0 spiro atoms. The Morgan fingerprint density at radius 2 is 2.25 bits per heavy atom. The lowest BCUT2D eigenvalue weighted by Gasteiger charge is -2.15. The van der Waals surface area contributed by atoms with Crippen molar-refractivity contribution in [3.8, 4) is 0 Å². The Bertz CT molecular complexity index is 302. The molecule has 4 heteroatoms. The predicted molar refractivity (Wildman–Crippen MR) is 43.5 cm³/mol. The molecule has 1 heterocycles. The van der Waals surface area contributed by atoms with Crippen molar-refractivity contribution in [2.24, 2.45) is 5.73 Å². The summed E-state index contributed by atoms with van der Waals surface area (Å²) < 4.78 is 4.94. The molecule has 0 unspecified atom stereocenters. The maximum Gasteiger partial charge on any atom is 0.230 e. The van der Waals surface area contributed by atoms with E-state index in [-0.39, 0.29) is 0 Å². The molecular weight excluding hydrogens is 156 g/mol. The Labute approximate surface area is 70.7 Å². The van der Waals surface area contributed by atoms with E-state index in [1.807, 2.05) is 0 Å². The van der Waals surface area contributed by atoms with Crippen LogP contribution in [0.15, 0.2) is 10.6 Å². The lowest BCUT2D eigenvalue weighted by Crippen LogP contribution is -2.35. The Morgan fingerprint density at radius 3 is 2.58 bits per heavy atom. The quantitative estimate of drug-likeness (QED) is 0.708. The number of nitrogens with zero attached hydrogens (tertiary/aromatic N) is 1.